The molecule has 2 aromatic rings. The molecule has 0 saturated carbocycles. The monoisotopic (exact) mass is 664 g/mol. The van der Waals surface area contributed by atoms with Gasteiger partial charge in [-0.3, -0.25) is 19.3 Å². The molecule has 10 nitrogen and oxygen atoms in total. The van der Waals surface area contributed by atoms with Crippen molar-refractivity contribution in [3.8, 4) is 0 Å². The molecule has 3 aliphatic heterocycles. The quantitative estimate of drug-likeness (QED) is 0.320. The molecule has 0 spiro atoms. The molecule has 4 heterocycles. The number of amides is 2. The van der Waals surface area contributed by atoms with Gasteiger partial charge in [0.1, 0.15) is 11.9 Å². The van der Waals surface area contributed by atoms with Crippen LogP contribution in [0.2, 0.25) is 5.02 Å². The van der Waals surface area contributed by atoms with E-state index in [0.29, 0.717) is 53.9 Å². The Morgan fingerprint density at radius 3 is 2.34 bits per heavy atom. The Morgan fingerprint density at radius 2 is 1.70 bits per heavy atom. The lowest BCUT2D eigenvalue weighted by Crippen LogP contribution is -2.44. The van der Waals surface area contributed by atoms with E-state index in [-0.39, 0.29) is 23.7 Å². The molecule has 3 aliphatic rings. The summed E-state index contributed by atoms with van der Waals surface area (Å²) in [7, 11) is 0. The van der Waals surface area contributed by atoms with E-state index in [0.717, 1.165) is 63.2 Å². The first-order valence-corrected chi connectivity index (χ1v) is 17.2. The van der Waals surface area contributed by atoms with Crippen molar-refractivity contribution in [1.29, 1.82) is 0 Å². The molecule has 1 atom stereocenters. The van der Waals surface area contributed by atoms with Crippen LogP contribution in [-0.4, -0.2) is 100 Å². The minimum Gasteiger partial charge on any atom is -0.460 e. The molecule has 254 valence electrons. The fourth-order valence-electron chi connectivity index (χ4n) is 6.88. The van der Waals surface area contributed by atoms with Gasteiger partial charge in [0.15, 0.2) is 0 Å². The minimum absolute atomic E-state index is 0.0335. The number of likely N-dealkylation sites (tertiary alicyclic amines) is 2. The SMILES string of the molecule is Cc1ccc(N(CCCN2CC3=CN(C(=O)c4c(C)ncnc4C)CC3C2)C(=O)C2CCN(CCC(=O)OC(C)(C)C)CC2)cc1Cl. The normalized spacial score (nSPS) is 19.1. The molecule has 5 rings (SSSR count). The van der Waals surface area contributed by atoms with Crippen molar-refractivity contribution >= 4 is 35.1 Å². The van der Waals surface area contributed by atoms with Crippen LogP contribution in [-0.2, 0) is 14.3 Å². The van der Waals surface area contributed by atoms with Crippen molar-refractivity contribution in [2.24, 2.45) is 11.8 Å². The van der Waals surface area contributed by atoms with Crippen LogP contribution in [0.25, 0.3) is 0 Å². The molecule has 2 amide bonds. The number of carbonyl (C=O) groups is 3. The van der Waals surface area contributed by atoms with E-state index in [2.05, 4.69) is 19.8 Å². The van der Waals surface area contributed by atoms with Gasteiger partial charge in [-0.2, -0.15) is 0 Å². The fraction of sp³-hybridized carbons (Fsp3) is 0.583. The molecular formula is C36H49ClN6O4. The number of hydrogen-bond donors (Lipinski definition) is 0. The maximum atomic E-state index is 14.0. The molecule has 0 N–H and O–H groups in total. The molecular weight excluding hydrogens is 616 g/mol. The van der Waals surface area contributed by atoms with Gasteiger partial charge in [0, 0.05) is 68.0 Å². The van der Waals surface area contributed by atoms with Crippen molar-refractivity contribution in [3.63, 3.8) is 0 Å². The molecule has 1 unspecified atom stereocenters. The highest BCUT2D eigenvalue weighted by atomic mass is 35.5. The van der Waals surface area contributed by atoms with Crippen molar-refractivity contribution in [1.82, 2.24) is 24.7 Å². The van der Waals surface area contributed by atoms with Crippen LogP contribution in [0.15, 0.2) is 36.3 Å². The Labute approximate surface area is 284 Å². The van der Waals surface area contributed by atoms with Crippen LogP contribution in [0.1, 0.15) is 73.8 Å². The number of aryl methyl sites for hydroxylation is 3. The zero-order chi connectivity index (χ0) is 33.9. The summed E-state index contributed by atoms with van der Waals surface area (Å²) in [5, 5.41) is 0.656. The molecule has 1 aromatic carbocycles. The van der Waals surface area contributed by atoms with E-state index in [1.807, 2.05) is 75.7 Å². The van der Waals surface area contributed by atoms with Gasteiger partial charge in [0.05, 0.1) is 23.4 Å². The zero-order valence-electron chi connectivity index (χ0n) is 28.7. The summed E-state index contributed by atoms with van der Waals surface area (Å²) < 4.78 is 5.46. The number of hydrogen-bond acceptors (Lipinski definition) is 8. The van der Waals surface area contributed by atoms with E-state index in [1.165, 1.54) is 11.9 Å². The highest BCUT2D eigenvalue weighted by Crippen LogP contribution is 2.32. The predicted molar refractivity (Wildman–Crippen MR) is 183 cm³/mol. The van der Waals surface area contributed by atoms with Crippen LogP contribution in [0.3, 0.4) is 0 Å². The number of anilines is 1. The molecule has 11 heteroatoms. The Morgan fingerprint density at radius 1 is 1.00 bits per heavy atom. The summed E-state index contributed by atoms with van der Waals surface area (Å²) >= 11 is 6.52. The molecule has 0 aliphatic carbocycles. The smallest absolute Gasteiger partial charge is 0.307 e. The number of esters is 1. The predicted octanol–water partition coefficient (Wildman–Crippen LogP) is 5.19. The lowest BCUT2D eigenvalue weighted by Gasteiger charge is -2.34. The summed E-state index contributed by atoms with van der Waals surface area (Å²) in [4.78, 5) is 56.3. The summed E-state index contributed by atoms with van der Waals surface area (Å²) in [6, 6.07) is 5.87. The topological polar surface area (TPSA) is 99.2 Å². The minimum atomic E-state index is -0.483. The Hall–Kier alpha value is -3.34. The van der Waals surface area contributed by atoms with Gasteiger partial charge in [-0.1, -0.05) is 17.7 Å². The third kappa shape index (κ3) is 8.77. The van der Waals surface area contributed by atoms with Gasteiger partial charge in [0.2, 0.25) is 5.91 Å². The highest BCUT2D eigenvalue weighted by Gasteiger charge is 2.36. The van der Waals surface area contributed by atoms with Crippen molar-refractivity contribution in [3.05, 3.63) is 63.8 Å². The van der Waals surface area contributed by atoms with Gasteiger partial charge in [0.25, 0.3) is 5.91 Å². The molecule has 2 saturated heterocycles. The van der Waals surface area contributed by atoms with Crippen LogP contribution < -0.4 is 4.90 Å². The fourth-order valence-corrected chi connectivity index (χ4v) is 7.06. The van der Waals surface area contributed by atoms with Crippen LogP contribution in [0, 0.1) is 32.6 Å². The Kier molecular flexibility index (Phi) is 11.0. The maximum Gasteiger partial charge on any atom is 0.307 e. The van der Waals surface area contributed by atoms with E-state index in [4.69, 9.17) is 16.3 Å². The van der Waals surface area contributed by atoms with Gasteiger partial charge >= 0.3 is 5.97 Å². The summed E-state index contributed by atoms with van der Waals surface area (Å²) in [6.45, 7) is 17.4. The number of ether oxygens (including phenoxy) is 1. The third-order valence-corrected chi connectivity index (χ3v) is 9.83. The van der Waals surface area contributed by atoms with Crippen LogP contribution in [0.5, 0.6) is 0 Å². The first kappa shape index (κ1) is 35.0. The number of nitrogens with zero attached hydrogens (tertiary/aromatic N) is 6. The Bertz CT molecular complexity index is 1490. The highest BCUT2D eigenvalue weighted by molar-refractivity contribution is 6.31. The Balaban J connectivity index is 1.15. The summed E-state index contributed by atoms with van der Waals surface area (Å²) in [6.07, 6.45) is 6.21. The number of halogens is 1. The van der Waals surface area contributed by atoms with E-state index in [1.54, 1.807) is 0 Å². The van der Waals surface area contributed by atoms with Gasteiger partial charge in [-0.15, -0.1) is 0 Å². The van der Waals surface area contributed by atoms with Gasteiger partial charge < -0.3 is 19.4 Å². The number of benzene rings is 1. The van der Waals surface area contributed by atoms with E-state index >= 15 is 0 Å². The molecule has 0 bridgehead atoms. The summed E-state index contributed by atoms with van der Waals surface area (Å²) in [5.41, 5.74) is 4.62. The number of fused-ring (bicyclic) bond motifs is 1. The second-order valence-corrected chi connectivity index (χ2v) is 14.6. The number of rotatable bonds is 10. The second-order valence-electron chi connectivity index (χ2n) is 14.2. The second kappa shape index (κ2) is 14.8. The lowest BCUT2D eigenvalue weighted by atomic mass is 9.94. The zero-order valence-corrected chi connectivity index (χ0v) is 29.5. The molecule has 0 radical (unpaired) electrons. The summed E-state index contributed by atoms with van der Waals surface area (Å²) in [5.74, 6) is 0.166. The molecule has 47 heavy (non-hydrogen) atoms. The standard InChI is InChI=1S/C36H49ClN6O4/c1-24-8-9-30(18-31(24)37)43(34(45)27-10-15-40(16-11-27)17-12-32(44)47-36(4,5)6)14-7-13-41-19-28-21-42(22-29(28)20-41)35(46)33-25(2)38-23-39-26(33)3/h8-9,18,21,23,27,29H,7,10-17,19-20,22H2,1-6H3. The average Bonchev–Trinajstić information content (AvgIpc) is 3.58. The van der Waals surface area contributed by atoms with E-state index in [9.17, 15) is 14.4 Å². The van der Waals surface area contributed by atoms with E-state index < -0.39 is 5.60 Å². The van der Waals surface area contributed by atoms with Gasteiger partial charge in [-0.25, -0.2) is 9.97 Å². The number of piperidine rings is 1. The van der Waals surface area contributed by atoms with Crippen LogP contribution >= 0.6 is 11.6 Å². The maximum absolute atomic E-state index is 14.0. The molecule has 2 fully saturated rings. The number of aromatic nitrogens is 2. The van der Waals surface area contributed by atoms with Crippen molar-refractivity contribution in [2.75, 3.05) is 57.3 Å². The van der Waals surface area contributed by atoms with Crippen LogP contribution in [0.4, 0.5) is 5.69 Å². The number of carbonyl (C=O) groups excluding carboxylic acids is 3. The van der Waals surface area contributed by atoms with Crippen molar-refractivity contribution < 1.29 is 19.1 Å². The third-order valence-electron chi connectivity index (χ3n) is 9.43. The first-order valence-electron chi connectivity index (χ1n) is 16.8. The first-order chi connectivity index (χ1) is 22.3. The lowest BCUT2D eigenvalue weighted by molar-refractivity contribution is -0.155. The van der Waals surface area contributed by atoms with Gasteiger partial charge in [-0.05, 0) is 97.2 Å². The largest absolute Gasteiger partial charge is 0.460 e. The molecule has 1 aromatic heterocycles. The average molecular weight is 665 g/mol. The van der Waals surface area contributed by atoms with Crippen molar-refractivity contribution in [2.45, 2.75) is 72.8 Å².